The van der Waals surface area contributed by atoms with Crippen LogP contribution in [-0.4, -0.2) is 9.78 Å². The maximum Gasteiger partial charge on any atom is 0.0704 e. The molecule has 0 aliphatic heterocycles. The third kappa shape index (κ3) is 2.46. The Morgan fingerprint density at radius 1 is 1.50 bits per heavy atom. The molecule has 2 N–H and O–H groups in total. The van der Waals surface area contributed by atoms with Crippen molar-refractivity contribution in [2.24, 2.45) is 5.73 Å². The van der Waals surface area contributed by atoms with Gasteiger partial charge in [0.25, 0.3) is 0 Å². The van der Waals surface area contributed by atoms with E-state index in [0.717, 1.165) is 19.3 Å². The number of hydrogen-bond donors (Lipinski definition) is 1. The van der Waals surface area contributed by atoms with Crippen molar-refractivity contribution in [3.05, 3.63) is 44.2 Å². The second-order valence-electron chi connectivity index (χ2n) is 3.59. The third-order valence-corrected chi connectivity index (χ3v) is 3.33. The fourth-order valence-corrected chi connectivity index (χ4v) is 2.27. The molecule has 2 rings (SSSR count). The Hall–Kier alpha value is -0.400. The van der Waals surface area contributed by atoms with E-state index in [1.165, 1.54) is 0 Å². The zero-order chi connectivity index (χ0) is 11.7. The molecule has 1 unspecified atom stereocenters. The van der Waals surface area contributed by atoms with Crippen LogP contribution in [0.2, 0.25) is 0 Å². The molecule has 0 fully saturated rings. The molecule has 0 aliphatic carbocycles. The van der Waals surface area contributed by atoms with Gasteiger partial charge in [-0.25, -0.2) is 4.68 Å². The fourth-order valence-electron chi connectivity index (χ4n) is 1.53. The number of benzene rings is 1. The van der Waals surface area contributed by atoms with E-state index in [9.17, 15) is 0 Å². The monoisotopic (exact) mass is 391 g/mol. The Kier molecular flexibility index (Phi) is 3.66. The lowest BCUT2D eigenvalue weighted by Crippen LogP contribution is -2.10. The Labute approximate surface area is 116 Å². The van der Waals surface area contributed by atoms with Crippen LogP contribution >= 0.6 is 38.5 Å². The molecule has 5 heteroatoms. The highest BCUT2D eigenvalue weighted by Crippen LogP contribution is 2.24. The highest BCUT2D eigenvalue weighted by atomic mass is 127. The normalized spacial score (nSPS) is 12.8. The molecule has 1 aromatic heterocycles. The minimum atomic E-state index is -0.00930. The van der Waals surface area contributed by atoms with Crippen molar-refractivity contribution in [1.29, 1.82) is 0 Å². The van der Waals surface area contributed by atoms with Crippen LogP contribution in [0.4, 0.5) is 0 Å². The van der Waals surface area contributed by atoms with Gasteiger partial charge in [0.1, 0.15) is 0 Å². The summed E-state index contributed by atoms with van der Waals surface area (Å²) in [6.45, 7) is 1.97. The highest BCUT2D eigenvalue weighted by Gasteiger charge is 2.10. The van der Waals surface area contributed by atoms with E-state index in [0.29, 0.717) is 0 Å². The van der Waals surface area contributed by atoms with E-state index in [-0.39, 0.29) is 6.04 Å². The first-order chi connectivity index (χ1) is 7.58. The molecule has 1 heterocycles. The van der Waals surface area contributed by atoms with Gasteiger partial charge in [-0.15, -0.1) is 0 Å². The molecule has 84 valence electrons. The van der Waals surface area contributed by atoms with Crippen molar-refractivity contribution < 1.29 is 0 Å². The van der Waals surface area contributed by atoms with Gasteiger partial charge in [0.2, 0.25) is 0 Å². The van der Waals surface area contributed by atoms with Gasteiger partial charge in [-0.3, -0.25) is 0 Å². The predicted octanol–water partition coefficient (Wildman–Crippen LogP) is 3.26. The molecule has 0 spiro atoms. The highest BCUT2D eigenvalue weighted by molar-refractivity contribution is 14.1. The van der Waals surface area contributed by atoms with Crippen LogP contribution in [0.25, 0.3) is 5.69 Å². The van der Waals surface area contributed by atoms with Crippen molar-refractivity contribution in [2.75, 3.05) is 0 Å². The first-order valence-electron chi connectivity index (χ1n) is 4.83. The van der Waals surface area contributed by atoms with Crippen LogP contribution < -0.4 is 5.73 Å². The summed E-state index contributed by atoms with van der Waals surface area (Å²) in [6.07, 6.45) is 3.81. The van der Waals surface area contributed by atoms with Gasteiger partial charge in [-0.2, -0.15) is 5.10 Å². The van der Waals surface area contributed by atoms with Gasteiger partial charge in [-0.05, 0) is 47.2 Å². The lowest BCUT2D eigenvalue weighted by atomic mass is 10.1. The van der Waals surface area contributed by atoms with Crippen LogP contribution in [-0.2, 0) is 0 Å². The molecule has 16 heavy (non-hydrogen) atoms. The molecule has 0 saturated heterocycles. The summed E-state index contributed by atoms with van der Waals surface area (Å²) in [6, 6.07) is 6.04. The average Bonchev–Trinajstić information content (AvgIpc) is 2.64. The summed E-state index contributed by atoms with van der Waals surface area (Å²) < 4.78 is 3.98. The Bertz CT molecular complexity index is 508. The van der Waals surface area contributed by atoms with Crippen LogP contribution in [0.15, 0.2) is 35.1 Å². The van der Waals surface area contributed by atoms with E-state index in [2.05, 4.69) is 43.6 Å². The van der Waals surface area contributed by atoms with E-state index in [1.807, 2.05) is 42.2 Å². The number of nitrogens with zero attached hydrogens (tertiary/aromatic N) is 2. The van der Waals surface area contributed by atoms with Crippen molar-refractivity contribution in [2.45, 2.75) is 13.0 Å². The van der Waals surface area contributed by atoms with Gasteiger partial charge in [0.15, 0.2) is 0 Å². The zero-order valence-corrected chi connectivity index (χ0v) is 12.4. The Morgan fingerprint density at radius 2 is 2.25 bits per heavy atom. The predicted molar refractivity (Wildman–Crippen MR) is 76.6 cm³/mol. The SMILES string of the molecule is CC(N)c1ccc(Br)cc1-n1cc(I)cn1. The molecule has 0 amide bonds. The molecule has 1 atom stereocenters. The first-order valence-corrected chi connectivity index (χ1v) is 6.70. The van der Waals surface area contributed by atoms with Crippen LogP contribution in [0.5, 0.6) is 0 Å². The second-order valence-corrected chi connectivity index (χ2v) is 5.76. The molecule has 0 aliphatic rings. The molecule has 0 saturated carbocycles. The average molecular weight is 392 g/mol. The Balaban J connectivity index is 2.57. The number of hydrogen-bond acceptors (Lipinski definition) is 2. The molecule has 0 radical (unpaired) electrons. The summed E-state index contributed by atoms with van der Waals surface area (Å²) in [5, 5.41) is 4.30. The number of aromatic nitrogens is 2. The number of nitrogens with two attached hydrogens (primary N) is 1. The molecular formula is C11H11BrIN3. The van der Waals surface area contributed by atoms with Gasteiger partial charge in [0.05, 0.1) is 15.5 Å². The smallest absolute Gasteiger partial charge is 0.0704 e. The van der Waals surface area contributed by atoms with E-state index in [1.54, 1.807) is 0 Å². The van der Waals surface area contributed by atoms with Gasteiger partial charge in [-0.1, -0.05) is 22.0 Å². The zero-order valence-electron chi connectivity index (χ0n) is 8.69. The summed E-state index contributed by atoms with van der Waals surface area (Å²) in [7, 11) is 0. The lowest BCUT2D eigenvalue weighted by molar-refractivity contribution is 0.780. The standard InChI is InChI=1S/C11H11BrIN3/c1-7(14)10-3-2-8(12)4-11(10)16-6-9(13)5-15-16/h2-7H,14H2,1H3. The fraction of sp³-hybridized carbons (Fsp3) is 0.182. The maximum atomic E-state index is 5.95. The Morgan fingerprint density at radius 3 is 2.81 bits per heavy atom. The van der Waals surface area contributed by atoms with Crippen LogP contribution in [0.3, 0.4) is 0 Å². The van der Waals surface area contributed by atoms with Gasteiger partial charge < -0.3 is 5.73 Å². The molecule has 3 nitrogen and oxygen atoms in total. The topological polar surface area (TPSA) is 43.8 Å². The van der Waals surface area contributed by atoms with Crippen molar-refractivity contribution >= 4 is 38.5 Å². The molecule has 0 bridgehead atoms. The minimum Gasteiger partial charge on any atom is -0.324 e. The number of rotatable bonds is 2. The summed E-state index contributed by atoms with van der Waals surface area (Å²) in [4.78, 5) is 0. The molecule has 2 aromatic rings. The summed E-state index contributed by atoms with van der Waals surface area (Å²) in [5.74, 6) is 0. The maximum absolute atomic E-state index is 5.95. The second kappa shape index (κ2) is 4.85. The van der Waals surface area contributed by atoms with Crippen LogP contribution in [0.1, 0.15) is 18.5 Å². The summed E-state index contributed by atoms with van der Waals surface area (Å²) in [5.41, 5.74) is 8.06. The van der Waals surface area contributed by atoms with Crippen molar-refractivity contribution in [3.8, 4) is 5.69 Å². The minimum absolute atomic E-state index is 0.00930. The number of halogens is 2. The van der Waals surface area contributed by atoms with E-state index < -0.39 is 0 Å². The van der Waals surface area contributed by atoms with Gasteiger partial charge >= 0.3 is 0 Å². The largest absolute Gasteiger partial charge is 0.324 e. The van der Waals surface area contributed by atoms with Crippen molar-refractivity contribution in [1.82, 2.24) is 9.78 Å². The molecule has 1 aromatic carbocycles. The third-order valence-electron chi connectivity index (χ3n) is 2.28. The summed E-state index contributed by atoms with van der Waals surface area (Å²) >= 11 is 5.70. The molecular weight excluding hydrogens is 381 g/mol. The van der Waals surface area contributed by atoms with Gasteiger partial charge in [0, 0.05) is 16.7 Å². The van der Waals surface area contributed by atoms with Crippen LogP contribution in [0, 0.1) is 3.57 Å². The van der Waals surface area contributed by atoms with E-state index in [4.69, 9.17) is 5.73 Å². The first kappa shape index (κ1) is 12.1. The van der Waals surface area contributed by atoms with E-state index >= 15 is 0 Å². The van der Waals surface area contributed by atoms with Crippen molar-refractivity contribution in [3.63, 3.8) is 0 Å². The lowest BCUT2D eigenvalue weighted by Gasteiger charge is -2.13. The quantitative estimate of drug-likeness (QED) is 0.798.